The van der Waals surface area contributed by atoms with Gasteiger partial charge in [-0.05, 0) is 34.0 Å². The van der Waals surface area contributed by atoms with Crippen molar-refractivity contribution in [1.29, 1.82) is 0 Å². The molecular weight excluding hydrogens is 254 g/mol. The Kier molecular flexibility index (Phi) is 5.51. The fraction of sp³-hybridized carbons (Fsp3) is 0.857. The standard InChI is InChI=1S/C14H27N5O/c1-5-15-11(2)6-7-13-16-14(17-20-13)12-10-18(3)8-9-19(12)4/h11-12,15H,5-10H2,1-4H3. The lowest BCUT2D eigenvalue weighted by Crippen LogP contribution is -2.45. The molecule has 6 nitrogen and oxygen atoms in total. The molecule has 0 amide bonds. The maximum Gasteiger partial charge on any atom is 0.226 e. The molecule has 1 N–H and O–H groups in total. The number of hydrogen-bond acceptors (Lipinski definition) is 6. The summed E-state index contributed by atoms with van der Waals surface area (Å²) in [6, 6.07) is 0.733. The zero-order valence-corrected chi connectivity index (χ0v) is 13.1. The van der Waals surface area contributed by atoms with Crippen LogP contribution in [0.1, 0.15) is 38.0 Å². The summed E-state index contributed by atoms with van der Waals surface area (Å²) in [4.78, 5) is 9.19. The van der Waals surface area contributed by atoms with Crippen molar-refractivity contribution in [3.05, 3.63) is 11.7 Å². The van der Waals surface area contributed by atoms with Gasteiger partial charge in [0.2, 0.25) is 5.89 Å². The lowest BCUT2D eigenvalue weighted by Gasteiger charge is -2.35. The first-order valence-corrected chi connectivity index (χ1v) is 7.54. The van der Waals surface area contributed by atoms with Crippen LogP contribution in [0.3, 0.4) is 0 Å². The van der Waals surface area contributed by atoms with Crippen molar-refractivity contribution >= 4 is 0 Å². The molecule has 0 radical (unpaired) electrons. The lowest BCUT2D eigenvalue weighted by molar-refractivity contribution is 0.108. The Bertz CT molecular complexity index is 408. The van der Waals surface area contributed by atoms with Gasteiger partial charge in [0.05, 0.1) is 6.04 Å². The summed E-state index contributed by atoms with van der Waals surface area (Å²) in [5, 5.41) is 7.57. The topological polar surface area (TPSA) is 57.4 Å². The third-order valence-corrected chi connectivity index (χ3v) is 3.98. The Morgan fingerprint density at radius 3 is 2.95 bits per heavy atom. The molecule has 2 unspecified atom stereocenters. The minimum absolute atomic E-state index is 0.248. The van der Waals surface area contributed by atoms with Crippen LogP contribution >= 0.6 is 0 Å². The normalized spacial score (nSPS) is 23.1. The van der Waals surface area contributed by atoms with E-state index in [2.05, 4.69) is 53.2 Å². The Hall–Kier alpha value is -0.980. The van der Waals surface area contributed by atoms with E-state index in [0.717, 1.165) is 50.7 Å². The van der Waals surface area contributed by atoms with Crippen LogP contribution in [0.4, 0.5) is 0 Å². The van der Waals surface area contributed by atoms with Crippen LogP contribution in [0.2, 0.25) is 0 Å². The van der Waals surface area contributed by atoms with Gasteiger partial charge in [0.25, 0.3) is 0 Å². The van der Waals surface area contributed by atoms with Gasteiger partial charge in [0.1, 0.15) is 0 Å². The number of aryl methyl sites for hydroxylation is 1. The first-order valence-electron chi connectivity index (χ1n) is 7.54. The fourth-order valence-electron chi connectivity index (χ4n) is 2.58. The molecule has 2 rings (SSSR count). The van der Waals surface area contributed by atoms with E-state index in [9.17, 15) is 0 Å². The number of rotatable bonds is 6. The van der Waals surface area contributed by atoms with E-state index < -0.39 is 0 Å². The molecule has 20 heavy (non-hydrogen) atoms. The summed E-state index contributed by atoms with van der Waals surface area (Å²) in [5.74, 6) is 1.58. The summed E-state index contributed by atoms with van der Waals surface area (Å²) in [5.41, 5.74) is 0. The predicted molar refractivity (Wildman–Crippen MR) is 78.6 cm³/mol. The van der Waals surface area contributed by atoms with E-state index in [1.54, 1.807) is 0 Å². The molecule has 2 heterocycles. The van der Waals surface area contributed by atoms with E-state index in [1.165, 1.54) is 0 Å². The molecule has 0 bridgehead atoms. The second-order valence-corrected chi connectivity index (χ2v) is 5.80. The molecule has 0 spiro atoms. The summed E-state index contributed by atoms with van der Waals surface area (Å²) in [7, 11) is 4.26. The summed E-state index contributed by atoms with van der Waals surface area (Å²) in [6.45, 7) is 8.40. The maximum absolute atomic E-state index is 5.40. The maximum atomic E-state index is 5.40. The van der Waals surface area contributed by atoms with Crippen LogP contribution in [-0.2, 0) is 6.42 Å². The van der Waals surface area contributed by atoms with Crippen molar-refractivity contribution in [3.8, 4) is 0 Å². The van der Waals surface area contributed by atoms with E-state index in [0.29, 0.717) is 6.04 Å². The predicted octanol–water partition coefficient (Wildman–Crippen LogP) is 0.919. The highest BCUT2D eigenvalue weighted by molar-refractivity contribution is 4.98. The third-order valence-electron chi connectivity index (χ3n) is 3.98. The molecule has 0 aliphatic carbocycles. The van der Waals surface area contributed by atoms with Gasteiger partial charge in [-0.1, -0.05) is 12.1 Å². The minimum Gasteiger partial charge on any atom is -0.339 e. The SMILES string of the molecule is CCNC(C)CCc1nc(C2CN(C)CCN2C)no1. The van der Waals surface area contributed by atoms with Gasteiger partial charge in [-0.2, -0.15) is 4.98 Å². The van der Waals surface area contributed by atoms with Crippen LogP contribution in [0.25, 0.3) is 0 Å². The van der Waals surface area contributed by atoms with Crippen molar-refractivity contribution in [1.82, 2.24) is 25.3 Å². The van der Waals surface area contributed by atoms with Gasteiger partial charge < -0.3 is 14.7 Å². The molecule has 6 heteroatoms. The molecule has 1 fully saturated rings. The third kappa shape index (κ3) is 4.01. The average Bonchev–Trinajstić information content (AvgIpc) is 2.88. The first-order chi connectivity index (χ1) is 9.60. The Morgan fingerprint density at radius 1 is 1.40 bits per heavy atom. The highest BCUT2D eigenvalue weighted by Crippen LogP contribution is 2.21. The van der Waals surface area contributed by atoms with Gasteiger partial charge in [-0.3, -0.25) is 4.90 Å². The van der Waals surface area contributed by atoms with E-state index >= 15 is 0 Å². The zero-order chi connectivity index (χ0) is 14.5. The number of nitrogens with one attached hydrogen (secondary N) is 1. The van der Waals surface area contributed by atoms with Crippen molar-refractivity contribution in [3.63, 3.8) is 0 Å². The molecule has 114 valence electrons. The van der Waals surface area contributed by atoms with Gasteiger partial charge >= 0.3 is 0 Å². The van der Waals surface area contributed by atoms with Gasteiger partial charge in [0, 0.05) is 32.1 Å². The average molecular weight is 281 g/mol. The van der Waals surface area contributed by atoms with Crippen LogP contribution in [0.15, 0.2) is 4.52 Å². The monoisotopic (exact) mass is 281 g/mol. The second kappa shape index (κ2) is 7.15. The molecular formula is C14H27N5O. The van der Waals surface area contributed by atoms with Crippen molar-refractivity contribution in [2.45, 2.75) is 38.8 Å². The molecule has 1 aliphatic rings. The van der Waals surface area contributed by atoms with Crippen molar-refractivity contribution in [2.24, 2.45) is 0 Å². The van der Waals surface area contributed by atoms with E-state index in [1.807, 2.05) is 0 Å². The van der Waals surface area contributed by atoms with Gasteiger partial charge in [-0.15, -0.1) is 0 Å². The van der Waals surface area contributed by atoms with Gasteiger partial charge in [0.15, 0.2) is 5.82 Å². The van der Waals surface area contributed by atoms with Crippen LogP contribution in [0, 0.1) is 0 Å². The van der Waals surface area contributed by atoms with Crippen LogP contribution in [0.5, 0.6) is 0 Å². The smallest absolute Gasteiger partial charge is 0.226 e. The van der Waals surface area contributed by atoms with Crippen molar-refractivity contribution in [2.75, 3.05) is 40.3 Å². The van der Waals surface area contributed by atoms with Gasteiger partial charge in [-0.25, -0.2) is 0 Å². The molecule has 1 aromatic heterocycles. The van der Waals surface area contributed by atoms with E-state index in [-0.39, 0.29) is 6.04 Å². The molecule has 1 saturated heterocycles. The highest BCUT2D eigenvalue weighted by atomic mass is 16.5. The van der Waals surface area contributed by atoms with Crippen molar-refractivity contribution < 1.29 is 4.52 Å². The Morgan fingerprint density at radius 2 is 2.20 bits per heavy atom. The molecule has 1 aliphatic heterocycles. The summed E-state index contributed by atoms with van der Waals surface area (Å²) < 4.78 is 5.40. The molecule has 0 saturated carbocycles. The number of likely N-dealkylation sites (N-methyl/N-ethyl adjacent to an activating group) is 2. The van der Waals surface area contributed by atoms with Crippen LogP contribution < -0.4 is 5.32 Å². The second-order valence-electron chi connectivity index (χ2n) is 5.80. The lowest BCUT2D eigenvalue weighted by atomic mass is 10.1. The minimum atomic E-state index is 0.248. The van der Waals surface area contributed by atoms with Crippen LogP contribution in [-0.4, -0.2) is 66.3 Å². The molecule has 0 aromatic carbocycles. The summed E-state index contributed by atoms with van der Waals surface area (Å²) >= 11 is 0. The summed E-state index contributed by atoms with van der Waals surface area (Å²) in [6.07, 6.45) is 1.86. The number of piperazine rings is 1. The zero-order valence-electron chi connectivity index (χ0n) is 13.1. The fourth-order valence-corrected chi connectivity index (χ4v) is 2.58. The molecule has 2 atom stereocenters. The first kappa shape index (κ1) is 15.4. The molecule has 1 aromatic rings. The quantitative estimate of drug-likeness (QED) is 0.837. The van der Waals surface area contributed by atoms with E-state index in [4.69, 9.17) is 4.52 Å². The number of nitrogens with zero attached hydrogens (tertiary/aromatic N) is 4. The largest absolute Gasteiger partial charge is 0.339 e. The Labute approximate surface area is 121 Å². The number of aromatic nitrogens is 2. The highest BCUT2D eigenvalue weighted by Gasteiger charge is 2.27. The Balaban J connectivity index is 1.91. The number of hydrogen-bond donors (Lipinski definition) is 1.